The molecule has 0 amide bonds. The molecule has 0 spiro atoms. The molecule has 0 unspecified atom stereocenters. The van der Waals surface area contributed by atoms with Gasteiger partial charge in [0.2, 0.25) is 0 Å². The van der Waals surface area contributed by atoms with Gasteiger partial charge in [-0.25, -0.2) is 0 Å². The highest BCUT2D eigenvalue weighted by Crippen LogP contribution is 2.66. The molecule has 3 fully saturated rings. The summed E-state index contributed by atoms with van der Waals surface area (Å²) in [5.74, 6) is 3.30. The van der Waals surface area contributed by atoms with Crippen LogP contribution >= 0.6 is 0 Å². The summed E-state index contributed by atoms with van der Waals surface area (Å²) in [6, 6.07) is 0. The Bertz CT molecular complexity index is 613. The van der Waals surface area contributed by atoms with Crippen molar-refractivity contribution < 1.29 is 15.0 Å². The fourth-order valence-corrected chi connectivity index (χ4v) is 8.12. The van der Waals surface area contributed by atoms with Gasteiger partial charge < -0.3 is 10.2 Å². The normalized spacial score (nSPS) is 49.8. The van der Waals surface area contributed by atoms with Crippen LogP contribution in [0.3, 0.4) is 0 Å². The minimum Gasteiger partial charge on any atom is -0.481 e. The summed E-state index contributed by atoms with van der Waals surface area (Å²) in [6.07, 6.45) is 14.3. The Kier molecular flexibility index (Phi) is 4.98. The Morgan fingerprint density at radius 1 is 1.07 bits per heavy atom. The summed E-state index contributed by atoms with van der Waals surface area (Å²) < 4.78 is 0. The number of hydrogen-bond acceptors (Lipinski definition) is 2. The molecule has 4 aliphatic carbocycles. The fourth-order valence-electron chi connectivity index (χ4n) is 8.12. The summed E-state index contributed by atoms with van der Waals surface area (Å²) in [4.78, 5) is 11.0. The van der Waals surface area contributed by atoms with E-state index in [2.05, 4.69) is 32.9 Å². The van der Waals surface area contributed by atoms with Crippen molar-refractivity contribution >= 4 is 5.97 Å². The number of aliphatic carboxylic acids is 1. The molecule has 27 heavy (non-hydrogen) atoms. The largest absolute Gasteiger partial charge is 0.481 e. The maximum atomic E-state index is 11.0. The molecular weight excluding hydrogens is 336 g/mol. The number of aliphatic hydroxyl groups is 1. The van der Waals surface area contributed by atoms with Gasteiger partial charge in [-0.15, -0.1) is 0 Å². The molecule has 4 rings (SSSR count). The van der Waals surface area contributed by atoms with Gasteiger partial charge in [-0.3, -0.25) is 4.79 Å². The summed E-state index contributed by atoms with van der Waals surface area (Å²) in [5, 5.41) is 19.2. The van der Waals surface area contributed by atoms with Crippen molar-refractivity contribution in [3.63, 3.8) is 0 Å². The first kappa shape index (κ1) is 19.5. The van der Waals surface area contributed by atoms with E-state index in [0.29, 0.717) is 40.9 Å². The highest BCUT2D eigenvalue weighted by atomic mass is 16.4. The topological polar surface area (TPSA) is 57.5 Å². The lowest BCUT2D eigenvalue weighted by molar-refractivity contribution is -0.137. The molecule has 4 aliphatic rings. The van der Waals surface area contributed by atoms with E-state index in [1.165, 1.54) is 32.1 Å². The predicted octanol–water partition coefficient (Wildman–Crippen LogP) is 5.28. The summed E-state index contributed by atoms with van der Waals surface area (Å²) in [5.41, 5.74) is 0.744. The zero-order chi connectivity index (χ0) is 19.4. The number of carbonyl (C=O) groups is 1. The lowest BCUT2D eigenvalue weighted by Gasteiger charge is -2.59. The molecule has 0 aromatic heterocycles. The lowest BCUT2D eigenvalue weighted by Crippen LogP contribution is -2.52. The molecule has 0 heterocycles. The zero-order valence-corrected chi connectivity index (χ0v) is 17.4. The van der Waals surface area contributed by atoms with E-state index in [9.17, 15) is 9.90 Å². The number of fused-ring (bicyclic) bond motifs is 5. The van der Waals surface area contributed by atoms with Crippen molar-refractivity contribution in [2.75, 3.05) is 0 Å². The van der Waals surface area contributed by atoms with Crippen molar-refractivity contribution in [1.29, 1.82) is 0 Å². The minimum absolute atomic E-state index is 0.107. The van der Waals surface area contributed by atoms with Crippen LogP contribution in [0.4, 0.5) is 0 Å². The second-order valence-corrected chi connectivity index (χ2v) is 10.9. The highest BCUT2D eigenvalue weighted by Gasteiger charge is 2.59. The molecule has 0 aliphatic heterocycles. The van der Waals surface area contributed by atoms with Gasteiger partial charge in [-0.1, -0.05) is 32.9 Å². The second-order valence-electron chi connectivity index (χ2n) is 10.9. The van der Waals surface area contributed by atoms with E-state index in [1.54, 1.807) is 0 Å². The molecule has 3 nitrogen and oxygen atoms in total. The first-order valence-corrected chi connectivity index (χ1v) is 11.3. The third-order valence-corrected chi connectivity index (χ3v) is 9.71. The van der Waals surface area contributed by atoms with E-state index in [1.807, 2.05) is 0 Å². The molecule has 3 saturated carbocycles. The quantitative estimate of drug-likeness (QED) is 0.658. The van der Waals surface area contributed by atoms with Gasteiger partial charge in [-0.2, -0.15) is 0 Å². The van der Waals surface area contributed by atoms with Gasteiger partial charge in [0.25, 0.3) is 0 Å². The number of rotatable bonds is 4. The smallest absolute Gasteiger partial charge is 0.303 e. The van der Waals surface area contributed by atoms with Crippen LogP contribution in [0.1, 0.15) is 78.6 Å². The van der Waals surface area contributed by atoms with Crippen LogP contribution < -0.4 is 0 Å². The molecule has 0 bridgehead atoms. The highest BCUT2D eigenvalue weighted by molar-refractivity contribution is 5.66. The van der Waals surface area contributed by atoms with Gasteiger partial charge >= 0.3 is 5.97 Å². The Morgan fingerprint density at radius 3 is 2.52 bits per heavy atom. The van der Waals surface area contributed by atoms with Crippen molar-refractivity contribution in [1.82, 2.24) is 0 Å². The first-order chi connectivity index (χ1) is 12.8. The predicted molar refractivity (Wildman–Crippen MR) is 107 cm³/mol. The van der Waals surface area contributed by atoms with Gasteiger partial charge in [0.1, 0.15) is 0 Å². The Morgan fingerprint density at radius 2 is 1.78 bits per heavy atom. The Labute approximate surface area is 164 Å². The SMILES string of the molecule is C[C@H](CCC(=O)O)[C@H]1CC[C@H]2[C@@H]3C=C[C@H]4C[C@H](O)CC[C@]4(C)[C@H]3CC[C@]12C. The number of carboxylic acid groups (broad SMARTS) is 1. The maximum Gasteiger partial charge on any atom is 0.303 e. The van der Waals surface area contributed by atoms with Crippen LogP contribution in [0, 0.1) is 46.3 Å². The molecule has 0 radical (unpaired) electrons. The summed E-state index contributed by atoms with van der Waals surface area (Å²) in [6.45, 7) is 7.33. The van der Waals surface area contributed by atoms with Crippen LogP contribution in [0.25, 0.3) is 0 Å². The number of aliphatic hydroxyl groups excluding tert-OH is 1. The molecular formula is C24H38O3. The van der Waals surface area contributed by atoms with Crippen LogP contribution in [0.5, 0.6) is 0 Å². The van der Waals surface area contributed by atoms with Crippen molar-refractivity contribution in [3.05, 3.63) is 12.2 Å². The first-order valence-electron chi connectivity index (χ1n) is 11.3. The standard InChI is InChI=1S/C24H38O3/c1-15(4-9-22(26)27)19-7-8-20-18-6-5-16-14-17(25)10-12-23(16,2)21(18)11-13-24(19,20)3/h5-6,15-21,25H,4,7-14H2,1-3H3,(H,26,27)/t15-,16+,17-,18+,19-,20+,21+,23+,24-/m1/s1. The van der Waals surface area contributed by atoms with E-state index in [4.69, 9.17) is 5.11 Å². The maximum absolute atomic E-state index is 11.0. The minimum atomic E-state index is -0.654. The van der Waals surface area contributed by atoms with E-state index in [0.717, 1.165) is 31.1 Å². The summed E-state index contributed by atoms with van der Waals surface area (Å²) in [7, 11) is 0. The van der Waals surface area contributed by atoms with Crippen LogP contribution in [-0.2, 0) is 4.79 Å². The van der Waals surface area contributed by atoms with E-state index >= 15 is 0 Å². The average Bonchev–Trinajstić information content (AvgIpc) is 2.97. The van der Waals surface area contributed by atoms with Crippen molar-refractivity contribution in [3.8, 4) is 0 Å². The summed E-state index contributed by atoms with van der Waals surface area (Å²) >= 11 is 0. The van der Waals surface area contributed by atoms with Gasteiger partial charge in [0, 0.05) is 6.42 Å². The number of carboxylic acids is 1. The molecule has 0 aromatic rings. The van der Waals surface area contributed by atoms with Crippen LogP contribution in [0.15, 0.2) is 12.2 Å². The zero-order valence-electron chi connectivity index (χ0n) is 17.4. The molecule has 0 aromatic carbocycles. The third-order valence-electron chi connectivity index (χ3n) is 9.71. The van der Waals surface area contributed by atoms with Crippen molar-refractivity contribution in [2.24, 2.45) is 46.3 Å². The second kappa shape index (κ2) is 6.90. The fraction of sp³-hybridized carbons (Fsp3) is 0.875. The van der Waals surface area contributed by atoms with E-state index < -0.39 is 5.97 Å². The lowest BCUT2D eigenvalue weighted by atomic mass is 9.46. The molecule has 9 atom stereocenters. The Hall–Kier alpha value is -0.830. The molecule has 3 heteroatoms. The van der Waals surface area contributed by atoms with Gasteiger partial charge in [-0.05, 0) is 97.7 Å². The molecule has 152 valence electrons. The van der Waals surface area contributed by atoms with Crippen LogP contribution in [-0.4, -0.2) is 22.3 Å². The van der Waals surface area contributed by atoms with Gasteiger partial charge in [0.15, 0.2) is 0 Å². The van der Waals surface area contributed by atoms with Crippen molar-refractivity contribution in [2.45, 2.75) is 84.7 Å². The monoisotopic (exact) mass is 374 g/mol. The number of hydrogen-bond donors (Lipinski definition) is 2. The van der Waals surface area contributed by atoms with E-state index in [-0.39, 0.29) is 6.10 Å². The Balaban J connectivity index is 1.55. The van der Waals surface area contributed by atoms with Crippen LogP contribution in [0.2, 0.25) is 0 Å². The third kappa shape index (κ3) is 3.09. The molecule has 2 N–H and O–H groups in total. The van der Waals surface area contributed by atoms with Gasteiger partial charge in [0.05, 0.1) is 6.10 Å². The molecule has 0 saturated heterocycles. The average molecular weight is 375 g/mol. The number of allylic oxidation sites excluding steroid dienone is 2.